The van der Waals surface area contributed by atoms with Gasteiger partial charge in [0, 0.05) is 62.2 Å². The molecule has 0 atom stereocenters. The van der Waals surface area contributed by atoms with Crippen LogP contribution in [0.4, 0.5) is 0 Å². The van der Waals surface area contributed by atoms with Crippen molar-refractivity contribution in [2.45, 2.75) is 72.9 Å². The second kappa shape index (κ2) is 20.1. The van der Waals surface area contributed by atoms with Gasteiger partial charge in [-0.05, 0) is 127 Å². The molecule has 3 heterocycles. The minimum Gasteiger partial charge on any atom is -0.510 e. The molecule has 77 heavy (non-hydrogen) atoms. The molecule has 0 aliphatic heterocycles. The molecule has 9 aromatic carbocycles. The van der Waals surface area contributed by atoms with Gasteiger partial charge in [-0.25, -0.2) is 4.98 Å². The van der Waals surface area contributed by atoms with Gasteiger partial charge in [0.25, 0.3) is 6.33 Å². The van der Waals surface area contributed by atoms with Crippen molar-refractivity contribution >= 4 is 32.8 Å². The summed E-state index contributed by atoms with van der Waals surface area (Å²) in [5.74, 6) is 0.664. The number of para-hydroxylation sites is 2. The van der Waals surface area contributed by atoms with Gasteiger partial charge < -0.3 is 13.9 Å². The van der Waals surface area contributed by atoms with E-state index in [1.807, 2.05) is 51.6 Å². The van der Waals surface area contributed by atoms with Gasteiger partial charge in [-0.1, -0.05) is 193 Å². The number of nitrogens with zero attached hydrogens (tertiary/aromatic N) is 4. The largest absolute Gasteiger partial charge is 0.510 e. The van der Waals surface area contributed by atoms with Crippen LogP contribution < -0.4 is 9.30 Å². The molecule has 12 aromatic rings. The number of imidazole rings is 1. The van der Waals surface area contributed by atoms with Crippen LogP contribution in [0, 0.1) is 39.0 Å². The van der Waals surface area contributed by atoms with Crippen molar-refractivity contribution < 1.29 is 49.6 Å². The van der Waals surface area contributed by atoms with Crippen molar-refractivity contribution in [2.75, 3.05) is 0 Å². The quantitative estimate of drug-likeness (QED) is 0.107. The summed E-state index contributed by atoms with van der Waals surface area (Å²) in [6.07, 6.45) is 4.95. The number of fused-ring (bicyclic) bond motifs is 4. The van der Waals surface area contributed by atoms with Gasteiger partial charge in [-0.2, -0.15) is 18.2 Å². The van der Waals surface area contributed by atoms with Crippen LogP contribution in [0.15, 0.2) is 200 Å². The molecule has 0 aliphatic rings. The fourth-order valence-corrected chi connectivity index (χ4v) is 10.1. The SMILES string of the molecule is [2H]c1c([2H])c([2H])c(-c2cnc(-n3c4[c-]c(Oc5[c-]c(-n6[c-][n+](-c7c(-c8cccc(C(C)(C)C)c8)cccc7-c7cccc(C(C)(C)C)c7)c7ccc(-c8c(C([2H])([2H])[2H])cccc8C([2H])([2H])[2H])cc76)ccc5)ccc4c4ccccc43)cc2C([2H])([2H])[2H])c([2H])c1[2H].[Pt]. The Morgan fingerprint density at radius 3 is 1.88 bits per heavy atom. The number of hydrogen-bond donors (Lipinski definition) is 0. The summed E-state index contributed by atoms with van der Waals surface area (Å²) in [5.41, 5.74) is 8.74. The van der Waals surface area contributed by atoms with E-state index in [1.54, 1.807) is 34.9 Å². The van der Waals surface area contributed by atoms with E-state index in [-0.39, 0.29) is 82.6 Å². The van der Waals surface area contributed by atoms with Crippen molar-refractivity contribution in [2.24, 2.45) is 0 Å². The summed E-state index contributed by atoms with van der Waals surface area (Å²) in [4.78, 5) is 4.72. The molecule has 5 nitrogen and oxygen atoms in total. The number of pyridine rings is 1. The number of aryl methyl sites for hydroxylation is 3. The molecule has 0 radical (unpaired) electrons. The third-order valence-electron chi connectivity index (χ3n) is 14.0. The van der Waals surface area contributed by atoms with E-state index in [9.17, 15) is 0 Å². The van der Waals surface area contributed by atoms with E-state index in [0.717, 1.165) is 49.8 Å². The normalized spacial score (nSPS) is 15.0. The predicted molar refractivity (Wildman–Crippen MR) is 313 cm³/mol. The first kappa shape index (κ1) is 36.8. The zero-order valence-electron chi connectivity index (χ0n) is 57.2. The Labute approximate surface area is 487 Å². The molecule has 0 bridgehead atoms. The number of benzene rings is 9. The fraction of sp³-hybridized carbons (Fsp3) is 0.155. The Bertz CT molecular complexity index is 4740. The van der Waals surface area contributed by atoms with E-state index >= 15 is 0 Å². The van der Waals surface area contributed by atoms with Crippen LogP contribution >= 0.6 is 0 Å². The smallest absolute Gasteiger partial charge is 0.268 e. The molecular formula is C71H60N4OPt-2. The third kappa shape index (κ3) is 9.53. The summed E-state index contributed by atoms with van der Waals surface area (Å²) in [5, 5.41) is 1.52. The van der Waals surface area contributed by atoms with Gasteiger partial charge in [0.1, 0.15) is 5.82 Å². The maximum atomic E-state index is 8.69. The van der Waals surface area contributed by atoms with Gasteiger partial charge in [0.2, 0.25) is 0 Å². The molecule has 0 fully saturated rings. The Balaban J connectivity index is 0.00000850. The summed E-state index contributed by atoms with van der Waals surface area (Å²) >= 11 is 0. The monoisotopic (exact) mass is 1190 g/mol. The Hall–Kier alpha value is -8.11. The van der Waals surface area contributed by atoms with Crippen molar-refractivity contribution in [3.05, 3.63) is 246 Å². The van der Waals surface area contributed by atoms with Crippen LogP contribution in [-0.2, 0) is 31.9 Å². The molecule has 6 heteroatoms. The Morgan fingerprint density at radius 1 is 0.545 bits per heavy atom. The van der Waals surface area contributed by atoms with E-state index in [2.05, 4.69) is 127 Å². The molecule has 0 aliphatic carbocycles. The Kier molecular flexibility index (Phi) is 9.61. The Morgan fingerprint density at radius 2 is 1.19 bits per heavy atom. The molecule has 0 amide bonds. The number of hydrogen-bond acceptors (Lipinski definition) is 2. The van der Waals surface area contributed by atoms with Gasteiger partial charge in [-0.3, -0.25) is 4.57 Å². The molecule has 0 spiro atoms. The first-order chi connectivity index (χ1) is 42.4. The molecule has 12 rings (SSSR count). The average molecular weight is 1190 g/mol. The van der Waals surface area contributed by atoms with Crippen LogP contribution in [0.2, 0.25) is 0 Å². The van der Waals surface area contributed by atoms with E-state index in [4.69, 9.17) is 28.9 Å². The van der Waals surface area contributed by atoms with Gasteiger partial charge in [0.15, 0.2) is 0 Å². The second-order valence-electron chi connectivity index (χ2n) is 21.1. The summed E-state index contributed by atoms with van der Waals surface area (Å²) in [7, 11) is 0. The molecule has 0 N–H and O–H groups in total. The standard InChI is InChI=1S/C71H60N4O.Pt/c1-46-20-15-21-47(2)68(46)52-34-37-64-66(41-52)73(45-74(64)69-58(50-24-16-26-53(39-50)70(4,5)6)31-19-32-59(69)51-25-17-27-54(40-51)71(7,8)9)55-28-18-29-56(42-55)76-57-35-36-61-60-30-13-14-33-63(60)75(65(61)43-57)67-38-48(3)62(44-72-67)49-22-11-10-12-23-49;/h10-41,44H,1-9H3;/q-2;/i1D3,2D3,3D3,10D,11D,12D,22D,23D;. The maximum Gasteiger partial charge on any atom is 0.268 e. The topological polar surface area (TPSA) is 35.9 Å². The average Bonchev–Trinajstić information content (AvgIpc) is 1.68. The number of ether oxygens (including phenoxy) is 1. The summed E-state index contributed by atoms with van der Waals surface area (Å²) in [6, 6.07) is 54.8. The summed E-state index contributed by atoms with van der Waals surface area (Å²) < 4.78 is 132. The predicted octanol–water partition coefficient (Wildman–Crippen LogP) is 17.8. The number of rotatable bonds is 9. The third-order valence-corrected chi connectivity index (χ3v) is 14.0. The molecule has 382 valence electrons. The van der Waals surface area contributed by atoms with Crippen LogP contribution in [0.5, 0.6) is 11.5 Å². The maximum absolute atomic E-state index is 8.69. The van der Waals surface area contributed by atoms with Crippen LogP contribution in [-0.4, -0.2) is 14.1 Å². The molecule has 0 saturated heterocycles. The molecule has 0 unspecified atom stereocenters. The van der Waals surface area contributed by atoms with E-state index < -0.39 is 50.8 Å². The van der Waals surface area contributed by atoms with Gasteiger partial charge in [0.05, 0.1) is 23.6 Å². The summed E-state index contributed by atoms with van der Waals surface area (Å²) in [6.45, 7) is 4.90. The van der Waals surface area contributed by atoms with Gasteiger partial charge in [-0.15, -0.1) is 29.7 Å². The zero-order chi connectivity index (χ0) is 64.3. The van der Waals surface area contributed by atoms with Crippen molar-refractivity contribution in [3.8, 4) is 73.2 Å². The van der Waals surface area contributed by atoms with Crippen LogP contribution in [0.1, 0.15) is 88.6 Å². The minimum atomic E-state index is -2.82. The van der Waals surface area contributed by atoms with Crippen molar-refractivity contribution in [1.82, 2.24) is 14.1 Å². The van der Waals surface area contributed by atoms with Crippen molar-refractivity contribution in [3.63, 3.8) is 0 Å². The zero-order valence-corrected chi connectivity index (χ0v) is 45.5. The molecular weight excluding hydrogens is 1120 g/mol. The van der Waals surface area contributed by atoms with Gasteiger partial charge >= 0.3 is 0 Å². The fourth-order valence-electron chi connectivity index (χ4n) is 10.1. The first-order valence-corrected chi connectivity index (χ1v) is 25.1. The second-order valence-corrected chi connectivity index (χ2v) is 21.1. The van der Waals surface area contributed by atoms with Crippen molar-refractivity contribution in [1.29, 1.82) is 0 Å². The molecule has 3 aromatic heterocycles. The van der Waals surface area contributed by atoms with E-state index in [1.165, 1.54) is 30.5 Å². The molecule has 0 saturated carbocycles. The number of aromatic nitrogens is 4. The minimum absolute atomic E-state index is 0. The van der Waals surface area contributed by atoms with E-state index in [0.29, 0.717) is 33.3 Å². The van der Waals surface area contributed by atoms with Crippen LogP contribution in [0.25, 0.3) is 94.5 Å². The van der Waals surface area contributed by atoms with Crippen LogP contribution in [0.3, 0.4) is 0 Å². The first-order valence-electron chi connectivity index (χ1n) is 32.1.